The summed E-state index contributed by atoms with van der Waals surface area (Å²) >= 11 is 0. The van der Waals surface area contributed by atoms with Crippen LogP contribution in [0.25, 0.3) is 11.3 Å². The number of carboxylic acids is 1. The third-order valence-corrected chi connectivity index (χ3v) is 5.15. The van der Waals surface area contributed by atoms with Crippen molar-refractivity contribution in [2.75, 3.05) is 18.5 Å². The van der Waals surface area contributed by atoms with E-state index in [1.807, 2.05) is 42.5 Å². The first-order chi connectivity index (χ1) is 14.4. The second-order valence-corrected chi connectivity index (χ2v) is 7.73. The maximum atomic E-state index is 12.4. The summed E-state index contributed by atoms with van der Waals surface area (Å²) in [6.07, 6.45) is 6.27. The van der Waals surface area contributed by atoms with Crippen molar-refractivity contribution in [3.8, 4) is 11.3 Å². The minimum Gasteiger partial charge on any atom is -0.481 e. The standard InChI is InChI=1S/C24H33N3O3/c1-4-5-6-7-8-16-25-24(30)27(3)22-11-9-10-21(26-22)20-14-12-19(13-15-20)17-18(2)23(28)29/h9-15,18H,4-8,16-17H2,1-3H3,(H,25,30)(H,28,29). The van der Waals surface area contributed by atoms with E-state index in [2.05, 4.69) is 17.2 Å². The highest BCUT2D eigenvalue weighted by atomic mass is 16.4. The smallest absolute Gasteiger partial charge is 0.322 e. The topological polar surface area (TPSA) is 82.5 Å². The summed E-state index contributed by atoms with van der Waals surface area (Å²) in [6, 6.07) is 13.2. The van der Waals surface area contributed by atoms with Gasteiger partial charge >= 0.3 is 12.0 Å². The Balaban J connectivity index is 1.96. The average Bonchev–Trinajstić information content (AvgIpc) is 2.76. The van der Waals surface area contributed by atoms with Crippen LogP contribution < -0.4 is 10.2 Å². The van der Waals surface area contributed by atoms with Gasteiger partial charge in [-0.3, -0.25) is 9.69 Å². The van der Waals surface area contributed by atoms with Crippen molar-refractivity contribution in [2.45, 2.75) is 52.4 Å². The summed E-state index contributed by atoms with van der Waals surface area (Å²) in [4.78, 5) is 29.6. The molecule has 0 saturated heterocycles. The molecule has 0 radical (unpaired) electrons. The summed E-state index contributed by atoms with van der Waals surface area (Å²) in [5, 5.41) is 12.0. The predicted octanol–water partition coefficient (Wildman–Crippen LogP) is 5.13. The van der Waals surface area contributed by atoms with Crippen LogP contribution in [0.5, 0.6) is 0 Å². The minimum absolute atomic E-state index is 0.159. The Kier molecular flexibility index (Phi) is 9.32. The van der Waals surface area contributed by atoms with Gasteiger partial charge in [-0.1, -0.05) is 69.9 Å². The number of carbonyl (C=O) groups excluding carboxylic acids is 1. The third kappa shape index (κ3) is 7.17. The molecule has 2 rings (SSSR count). The van der Waals surface area contributed by atoms with E-state index in [9.17, 15) is 9.59 Å². The van der Waals surface area contributed by atoms with Crippen molar-refractivity contribution >= 4 is 17.8 Å². The number of nitrogens with zero attached hydrogens (tertiary/aromatic N) is 2. The Bertz CT molecular complexity index is 821. The third-order valence-electron chi connectivity index (χ3n) is 5.15. The summed E-state index contributed by atoms with van der Waals surface area (Å²) < 4.78 is 0. The molecule has 1 heterocycles. The first-order valence-electron chi connectivity index (χ1n) is 10.7. The van der Waals surface area contributed by atoms with E-state index in [4.69, 9.17) is 5.11 Å². The molecule has 6 nitrogen and oxygen atoms in total. The van der Waals surface area contributed by atoms with E-state index in [-0.39, 0.29) is 6.03 Å². The summed E-state index contributed by atoms with van der Waals surface area (Å²) in [5.74, 6) is -0.633. The number of nitrogens with one attached hydrogen (secondary N) is 1. The number of urea groups is 1. The number of rotatable bonds is 11. The van der Waals surface area contributed by atoms with Gasteiger partial charge < -0.3 is 10.4 Å². The molecular weight excluding hydrogens is 378 g/mol. The minimum atomic E-state index is -0.796. The molecule has 2 aromatic rings. The first kappa shape index (κ1) is 23.4. The average molecular weight is 412 g/mol. The monoisotopic (exact) mass is 411 g/mol. The van der Waals surface area contributed by atoms with Crippen LogP contribution in [-0.2, 0) is 11.2 Å². The lowest BCUT2D eigenvalue weighted by Gasteiger charge is -2.18. The number of amides is 2. The summed E-state index contributed by atoms with van der Waals surface area (Å²) in [6.45, 7) is 4.56. The number of anilines is 1. The van der Waals surface area contributed by atoms with Gasteiger partial charge in [-0.2, -0.15) is 0 Å². The number of carboxylic acid groups (broad SMARTS) is 1. The predicted molar refractivity (Wildman–Crippen MR) is 121 cm³/mol. The number of carbonyl (C=O) groups is 2. The van der Waals surface area contributed by atoms with Crippen molar-refractivity contribution in [3.63, 3.8) is 0 Å². The Morgan fingerprint density at radius 3 is 2.43 bits per heavy atom. The Morgan fingerprint density at radius 2 is 1.77 bits per heavy atom. The lowest BCUT2D eigenvalue weighted by Crippen LogP contribution is -2.38. The molecule has 0 aliphatic carbocycles. The van der Waals surface area contributed by atoms with Crippen molar-refractivity contribution in [1.29, 1.82) is 0 Å². The highest BCUT2D eigenvalue weighted by molar-refractivity contribution is 5.90. The zero-order valence-corrected chi connectivity index (χ0v) is 18.2. The number of hydrogen-bond acceptors (Lipinski definition) is 3. The van der Waals surface area contributed by atoms with Crippen LogP contribution in [0.15, 0.2) is 42.5 Å². The van der Waals surface area contributed by atoms with Gasteiger partial charge in [0.25, 0.3) is 0 Å². The first-order valence-corrected chi connectivity index (χ1v) is 10.7. The number of aliphatic carboxylic acids is 1. The maximum Gasteiger partial charge on any atom is 0.322 e. The van der Waals surface area contributed by atoms with Gasteiger partial charge in [0.05, 0.1) is 11.6 Å². The zero-order valence-electron chi connectivity index (χ0n) is 18.2. The van der Waals surface area contributed by atoms with Gasteiger partial charge in [-0.25, -0.2) is 9.78 Å². The number of aromatic nitrogens is 1. The van der Waals surface area contributed by atoms with E-state index < -0.39 is 11.9 Å². The fourth-order valence-electron chi connectivity index (χ4n) is 3.17. The highest BCUT2D eigenvalue weighted by Gasteiger charge is 2.13. The quantitative estimate of drug-likeness (QED) is 0.502. The molecule has 0 aliphatic rings. The normalized spacial score (nSPS) is 11.7. The number of hydrogen-bond donors (Lipinski definition) is 2. The van der Waals surface area contributed by atoms with Crippen LogP contribution in [0.3, 0.4) is 0 Å². The zero-order chi connectivity index (χ0) is 21.9. The SMILES string of the molecule is CCCCCCCNC(=O)N(C)c1cccc(-c2ccc(CC(C)C(=O)O)cc2)n1. The van der Waals surface area contributed by atoms with Gasteiger partial charge in [0.2, 0.25) is 0 Å². The van der Waals surface area contributed by atoms with E-state index >= 15 is 0 Å². The molecule has 0 saturated carbocycles. The maximum absolute atomic E-state index is 12.4. The van der Waals surface area contributed by atoms with Crippen LogP contribution in [-0.4, -0.2) is 35.7 Å². The van der Waals surface area contributed by atoms with Gasteiger partial charge in [0, 0.05) is 19.2 Å². The lowest BCUT2D eigenvalue weighted by atomic mass is 9.99. The molecule has 1 unspecified atom stereocenters. The lowest BCUT2D eigenvalue weighted by molar-refractivity contribution is -0.141. The fraction of sp³-hybridized carbons (Fsp3) is 0.458. The van der Waals surface area contributed by atoms with Gasteiger partial charge in [0.15, 0.2) is 0 Å². The molecule has 0 bridgehead atoms. The highest BCUT2D eigenvalue weighted by Crippen LogP contribution is 2.22. The van der Waals surface area contributed by atoms with E-state index in [1.165, 1.54) is 24.2 Å². The molecule has 2 amide bonds. The second-order valence-electron chi connectivity index (χ2n) is 7.73. The number of benzene rings is 1. The molecule has 1 aromatic carbocycles. The van der Waals surface area contributed by atoms with Gasteiger partial charge in [-0.05, 0) is 30.5 Å². The molecule has 0 spiro atoms. The van der Waals surface area contributed by atoms with Crippen molar-refractivity contribution in [1.82, 2.24) is 10.3 Å². The van der Waals surface area contributed by atoms with Crippen LogP contribution >= 0.6 is 0 Å². The van der Waals surface area contributed by atoms with Crippen molar-refractivity contribution < 1.29 is 14.7 Å². The van der Waals surface area contributed by atoms with E-state index in [1.54, 1.807) is 14.0 Å². The number of unbranched alkanes of at least 4 members (excludes halogenated alkanes) is 4. The summed E-state index contributed by atoms with van der Waals surface area (Å²) in [7, 11) is 1.72. The van der Waals surface area contributed by atoms with Crippen molar-refractivity contribution in [3.05, 3.63) is 48.0 Å². The molecule has 0 aliphatic heterocycles. The Hall–Kier alpha value is -2.89. The molecule has 162 valence electrons. The Labute approximate surface area is 179 Å². The van der Waals surface area contributed by atoms with Crippen molar-refractivity contribution in [2.24, 2.45) is 5.92 Å². The second kappa shape index (κ2) is 12.0. The molecule has 0 fully saturated rings. The van der Waals surface area contributed by atoms with Gasteiger partial charge in [0.1, 0.15) is 5.82 Å². The van der Waals surface area contributed by atoms with Gasteiger partial charge in [-0.15, -0.1) is 0 Å². The van der Waals surface area contributed by atoms with Crippen LogP contribution in [0.2, 0.25) is 0 Å². The van der Waals surface area contributed by atoms with Crippen LogP contribution in [0.1, 0.15) is 51.5 Å². The molecule has 1 atom stereocenters. The van der Waals surface area contributed by atoms with E-state index in [0.717, 1.165) is 29.7 Å². The fourth-order valence-corrected chi connectivity index (χ4v) is 3.17. The molecule has 30 heavy (non-hydrogen) atoms. The molecule has 2 N–H and O–H groups in total. The molecular formula is C24H33N3O3. The van der Waals surface area contributed by atoms with Crippen LogP contribution in [0.4, 0.5) is 10.6 Å². The Morgan fingerprint density at radius 1 is 1.07 bits per heavy atom. The largest absolute Gasteiger partial charge is 0.481 e. The summed E-state index contributed by atoms with van der Waals surface area (Å²) in [5.41, 5.74) is 2.66. The van der Waals surface area contributed by atoms with E-state index in [0.29, 0.717) is 18.8 Å². The molecule has 6 heteroatoms. The molecule has 1 aromatic heterocycles. The number of pyridine rings is 1. The van der Waals surface area contributed by atoms with Crippen LogP contribution in [0, 0.1) is 5.92 Å².